The number of benzene rings is 2. The second-order valence-corrected chi connectivity index (χ2v) is 6.18. The molecule has 0 aromatic heterocycles. The molecular weight excluding hydrogens is 352 g/mol. The minimum atomic E-state index is -0.0412. The van der Waals surface area contributed by atoms with E-state index in [0.29, 0.717) is 17.1 Å². The largest absolute Gasteiger partial charge is 0.311 e. The molecule has 1 aliphatic heterocycles. The molecule has 1 amide bonds. The van der Waals surface area contributed by atoms with Crippen LogP contribution in [0.25, 0.3) is 0 Å². The summed E-state index contributed by atoms with van der Waals surface area (Å²) in [6.07, 6.45) is 0. The Labute approximate surface area is 137 Å². The van der Waals surface area contributed by atoms with Gasteiger partial charge in [-0.25, -0.2) is 0 Å². The number of fused-ring (bicyclic) bond motifs is 1. The van der Waals surface area contributed by atoms with Crippen molar-refractivity contribution in [3.63, 3.8) is 0 Å². The summed E-state index contributed by atoms with van der Waals surface area (Å²) in [5.74, 6) is -0.0412. The number of hydrogen-bond acceptors (Lipinski definition) is 2. The predicted molar refractivity (Wildman–Crippen MR) is 89.0 cm³/mol. The Kier molecular flexibility index (Phi) is 4.29. The average molecular weight is 366 g/mol. The Bertz CT molecular complexity index is 690. The number of para-hydroxylation sites is 1. The first-order chi connectivity index (χ1) is 10.2. The van der Waals surface area contributed by atoms with E-state index in [1.807, 2.05) is 29.2 Å². The number of carbonyl (C=O) groups is 1. The molecule has 0 saturated carbocycles. The van der Waals surface area contributed by atoms with Gasteiger partial charge in [-0.05, 0) is 45.8 Å². The van der Waals surface area contributed by atoms with Crippen LogP contribution in [0.2, 0.25) is 5.02 Å². The number of carbonyl (C=O) groups excluding carboxylic acids is 1. The van der Waals surface area contributed by atoms with Gasteiger partial charge in [0, 0.05) is 34.8 Å². The molecule has 0 spiro atoms. The molecule has 3 rings (SSSR count). The topological polar surface area (TPSA) is 32.3 Å². The summed E-state index contributed by atoms with van der Waals surface area (Å²) in [5, 5.41) is 3.89. The lowest BCUT2D eigenvalue weighted by molar-refractivity contribution is 0.0987. The highest BCUT2D eigenvalue weighted by Gasteiger charge is 2.23. The summed E-state index contributed by atoms with van der Waals surface area (Å²) in [7, 11) is 0. The Morgan fingerprint density at radius 3 is 2.90 bits per heavy atom. The SMILES string of the molecule is O=C(c1cc(Cl)ccc1Br)N1CCNCc2ccccc21. The third kappa shape index (κ3) is 2.98. The van der Waals surface area contributed by atoms with Crippen molar-refractivity contribution in [2.75, 3.05) is 18.0 Å². The van der Waals surface area contributed by atoms with Gasteiger partial charge in [0.05, 0.1) is 5.56 Å². The van der Waals surface area contributed by atoms with Gasteiger partial charge in [-0.15, -0.1) is 0 Å². The Morgan fingerprint density at radius 2 is 2.05 bits per heavy atom. The second kappa shape index (κ2) is 6.18. The van der Waals surface area contributed by atoms with Gasteiger partial charge in [0.2, 0.25) is 0 Å². The first-order valence-electron chi connectivity index (χ1n) is 6.72. The van der Waals surface area contributed by atoms with Gasteiger partial charge in [-0.3, -0.25) is 4.79 Å². The predicted octanol–water partition coefficient (Wildman–Crippen LogP) is 3.85. The van der Waals surface area contributed by atoms with Crippen LogP contribution < -0.4 is 10.2 Å². The van der Waals surface area contributed by atoms with Crippen LogP contribution in [0.5, 0.6) is 0 Å². The van der Waals surface area contributed by atoms with Gasteiger partial charge in [-0.2, -0.15) is 0 Å². The molecule has 0 atom stereocenters. The van der Waals surface area contributed by atoms with E-state index < -0.39 is 0 Å². The smallest absolute Gasteiger partial charge is 0.259 e. The fourth-order valence-corrected chi connectivity index (χ4v) is 3.06. The first-order valence-corrected chi connectivity index (χ1v) is 7.89. The number of amides is 1. The van der Waals surface area contributed by atoms with Gasteiger partial charge >= 0.3 is 0 Å². The molecule has 0 radical (unpaired) electrons. The lowest BCUT2D eigenvalue weighted by atomic mass is 10.1. The highest BCUT2D eigenvalue weighted by atomic mass is 79.9. The van der Waals surface area contributed by atoms with Crippen LogP contribution in [0, 0.1) is 0 Å². The van der Waals surface area contributed by atoms with Crippen molar-refractivity contribution in [3.8, 4) is 0 Å². The standard InChI is InChI=1S/C16H14BrClN2O/c17-14-6-5-12(18)9-13(14)16(21)20-8-7-19-10-11-3-1-2-4-15(11)20/h1-6,9,19H,7-8,10H2. The van der Waals surface area contributed by atoms with Crippen LogP contribution in [-0.4, -0.2) is 19.0 Å². The lowest BCUT2D eigenvalue weighted by Crippen LogP contribution is -2.34. The summed E-state index contributed by atoms with van der Waals surface area (Å²) < 4.78 is 0.756. The van der Waals surface area contributed by atoms with Crippen LogP contribution in [0.15, 0.2) is 46.9 Å². The summed E-state index contributed by atoms with van der Waals surface area (Å²) in [4.78, 5) is 14.7. The van der Waals surface area contributed by atoms with Crippen molar-refractivity contribution in [3.05, 3.63) is 63.1 Å². The number of rotatable bonds is 1. The van der Waals surface area contributed by atoms with E-state index in [2.05, 4.69) is 21.2 Å². The molecule has 21 heavy (non-hydrogen) atoms. The van der Waals surface area contributed by atoms with Crippen LogP contribution in [-0.2, 0) is 6.54 Å². The van der Waals surface area contributed by atoms with E-state index in [-0.39, 0.29) is 5.91 Å². The molecule has 1 N–H and O–H groups in total. The van der Waals surface area contributed by atoms with E-state index in [1.165, 1.54) is 0 Å². The molecule has 2 aromatic rings. The molecule has 108 valence electrons. The van der Waals surface area contributed by atoms with Crippen LogP contribution in [0.4, 0.5) is 5.69 Å². The van der Waals surface area contributed by atoms with E-state index in [4.69, 9.17) is 11.6 Å². The zero-order chi connectivity index (χ0) is 14.8. The zero-order valence-corrected chi connectivity index (χ0v) is 13.6. The summed E-state index contributed by atoms with van der Waals surface area (Å²) in [6, 6.07) is 13.2. The molecule has 0 bridgehead atoms. The molecule has 1 aliphatic rings. The Hall–Kier alpha value is -1.36. The Morgan fingerprint density at radius 1 is 1.24 bits per heavy atom. The normalized spacial score (nSPS) is 14.5. The monoisotopic (exact) mass is 364 g/mol. The van der Waals surface area contributed by atoms with E-state index in [0.717, 1.165) is 28.8 Å². The first kappa shape index (κ1) is 14.6. The van der Waals surface area contributed by atoms with E-state index in [1.54, 1.807) is 18.2 Å². The molecule has 0 aliphatic carbocycles. The highest BCUT2D eigenvalue weighted by molar-refractivity contribution is 9.10. The average Bonchev–Trinajstić information content (AvgIpc) is 2.71. The van der Waals surface area contributed by atoms with Gasteiger partial charge in [-0.1, -0.05) is 29.8 Å². The number of nitrogens with one attached hydrogen (secondary N) is 1. The second-order valence-electron chi connectivity index (χ2n) is 4.89. The van der Waals surface area contributed by atoms with Crippen molar-refractivity contribution in [2.45, 2.75) is 6.54 Å². The van der Waals surface area contributed by atoms with Gasteiger partial charge in [0.15, 0.2) is 0 Å². The van der Waals surface area contributed by atoms with Crippen LogP contribution in [0.1, 0.15) is 15.9 Å². The summed E-state index contributed by atoms with van der Waals surface area (Å²) in [5.41, 5.74) is 2.67. The van der Waals surface area contributed by atoms with Gasteiger partial charge in [0.1, 0.15) is 0 Å². The third-order valence-electron chi connectivity index (χ3n) is 3.51. The van der Waals surface area contributed by atoms with Gasteiger partial charge < -0.3 is 10.2 Å². The summed E-state index contributed by atoms with van der Waals surface area (Å²) >= 11 is 9.46. The summed E-state index contributed by atoms with van der Waals surface area (Å²) in [6.45, 7) is 2.17. The third-order valence-corrected chi connectivity index (χ3v) is 4.44. The molecule has 0 saturated heterocycles. The van der Waals surface area contributed by atoms with Crippen molar-refractivity contribution in [1.29, 1.82) is 0 Å². The van der Waals surface area contributed by atoms with Gasteiger partial charge in [0.25, 0.3) is 5.91 Å². The van der Waals surface area contributed by atoms with Crippen LogP contribution >= 0.6 is 27.5 Å². The van der Waals surface area contributed by atoms with Crippen molar-refractivity contribution in [2.24, 2.45) is 0 Å². The van der Waals surface area contributed by atoms with Crippen LogP contribution in [0.3, 0.4) is 0 Å². The maximum Gasteiger partial charge on any atom is 0.259 e. The maximum absolute atomic E-state index is 12.9. The fourth-order valence-electron chi connectivity index (χ4n) is 2.48. The molecule has 1 heterocycles. The maximum atomic E-state index is 12.9. The van der Waals surface area contributed by atoms with E-state index >= 15 is 0 Å². The van der Waals surface area contributed by atoms with Crippen molar-refractivity contribution >= 4 is 39.1 Å². The molecule has 5 heteroatoms. The minimum Gasteiger partial charge on any atom is -0.311 e. The zero-order valence-electron chi connectivity index (χ0n) is 11.3. The van der Waals surface area contributed by atoms with Crippen molar-refractivity contribution in [1.82, 2.24) is 5.32 Å². The lowest BCUT2D eigenvalue weighted by Gasteiger charge is -2.23. The highest BCUT2D eigenvalue weighted by Crippen LogP contribution is 2.27. The molecule has 3 nitrogen and oxygen atoms in total. The molecule has 0 unspecified atom stereocenters. The fraction of sp³-hybridized carbons (Fsp3) is 0.188. The molecule has 0 fully saturated rings. The quantitative estimate of drug-likeness (QED) is 0.832. The van der Waals surface area contributed by atoms with Crippen molar-refractivity contribution < 1.29 is 4.79 Å². The molecule has 2 aromatic carbocycles. The number of anilines is 1. The molecular formula is C16H14BrClN2O. The number of halogens is 2. The van der Waals surface area contributed by atoms with E-state index in [9.17, 15) is 4.79 Å². The minimum absolute atomic E-state index is 0.0412. The Balaban J connectivity index is 2.03. The number of hydrogen-bond donors (Lipinski definition) is 1. The number of nitrogens with zero attached hydrogens (tertiary/aromatic N) is 1.